The molecule has 30 heavy (non-hydrogen) atoms. The molecule has 2 aromatic rings. The number of aliphatic carboxylic acids is 1. The van der Waals surface area contributed by atoms with Crippen LogP contribution in [0.25, 0.3) is 11.1 Å². The molecule has 2 aromatic carbocycles. The molecule has 0 aromatic heterocycles. The molecule has 1 aliphatic carbocycles. The van der Waals surface area contributed by atoms with Crippen LogP contribution in [0.1, 0.15) is 44.2 Å². The second kappa shape index (κ2) is 8.57. The van der Waals surface area contributed by atoms with Gasteiger partial charge in [-0.25, -0.2) is 9.59 Å². The molecule has 7 heteroatoms. The monoisotopic (exact) mass is 410 g/mol. The van der Waals surface area contributed by atoms with Gasteiger partial charge in [0.15, 0.2) is 0 Å². The zero-order valence-corrected chi connectivity index (χ0v) is 17.3. The van der Waals surface area contributed by atoms with Crippen LogP contribution in [-0.4, -0.2) is 41.3 Å². The number of alkyl carbamates (subject to hydrolysis) is 1. The fourth-order valence-electron chi connectivity index (χ4n) is 3.58. The van der Waals surface area contributed by atoms with Gasteiger partial charge in [-0.05, 0) is 42.5 Å². The first kappa shape index (κ1) is 21.4. The van der Waals surface area contributed by atoms with E-state index >= 15 is 0 Å². The highest BCUT2D eigenvalue weighted by Crippen LogP contribution is 2.44. The molecule has 0 spiro atoms. The second-order valence-electron chi connectivity index (χ2n) is 7.85. The summed E-state index contributed by atoms with van der Waals surface area (Å²) < 4.78 is 5.45. The van der Waals surface area contributed by atoms with Crippen molar-refractivity contribution in [2.75, 3.05) is 6.61 Å². The first-order valence-corrected chi connectivity index (χ1v) is 9.91. The van der Waals surface area contributed by atoms with Crippen molar-refractivity contribution in [2.45, 2.75) is 44.7 Å². The predicted octanol–water partition coefficient (Wildman–Crippen LogP) is 3.28. The van der Waals surface area contributed by atoms with Crippen molar-refractivity contribution in [3.8, 4) is 11.1 Å². The Balaban J connectivity index is 1.64. The number of benzene rings is 2. The number of nitrogens with one attached hydrogen (secondary N) is 2. The van der Waals surface area contributed by atoms with Gasteiger partial charge in [-0.2, -0.15) is 0 Å². The number of carboxylic acid groups (broad SMARTS) is 1. The van der Waals surface area contributed by atoms with Gasteiger partial charge in [0.2, 0.25) is 5.91 Å². The van der Waals surface area contributed by atoms with Crippen LogP contribution < -0.4 is 10.6 Å². The van der Waals surface area contributed by atoms with Crippen molar-refractivity contribution in [1.29, 1.82) is 0 Å². The number of amides is 2. The summed E-state index contributed by atoms with van der Waals surface area (Å²) in [5.41, 5.74) is 3.01. The van der Waals surface area contributed by atoms with Crippen LogP contribution >= 0.6 is 0 Å². The van der Waals surface area contributed by atoms with E-state index in [1.807, 2.05) is 36.4 Å². The van der Waals surface area contributed by atoms with Gasteiger partial charge in [0, 0.05) is 5.92 Å². The molecule has 1 aliphatic rings. The Morgan fingerprint density at radius 1 is 1.03 bits per heavy atom. The van der Waals surface area contributed by atoms with Crippen molar-refractivity contribution in [2.24, 2.45) is 0 Å². The van der Waals surface area contributed by atoms with E-state index in [4.69, 9.17) is 9.84 Å². The second-order valence-corrected chi connectivity index (χ2v) is 7.85. The lowest BCUT2D eigenvalue weighted by Crippen LogP contribution is -2.56. The average molecular weight is 410 g/mol. The Kier molecular flexibility index (Phi) is 6.10. The molecule has 0 radical (unpaired) electrons. The largest absolute Gasteiger partial charge is 0.480 e. The van der Waals surface area contributed by atoms with E-state index in [1.165, 1.54) is 13.8 Å². The Morgan fingerprint density at radius 3 is 2.07 bits per heavy atom. The van der Waals surface area contributed by atoms with Gasteiger partial charge in [0.05, 0.1) is 0 Å². The van der Waals surface area contributed by atoms with Crippen molar-refractivity contribution in [3.63, 3.8) is 0 Å². The van der Waals surface area contributed by atoms with E-state index < -0.39 is 29.6 Å². The minimum atomic E-state index is -1.44. The number of rotatable bonds is 7. The summed E-state index contributed by atoms with van der Waals surface area (Å²) in [7, 11) is 0. The molecule has 3 rings (SSSR count). The average Bonchev–Trinajstić information content (AvgIpc) is 3.04. The third-order valence-corrected chi connectivity index (χ3v) is 5.33. The van der Waals surface area contributed by atoms with E-state index in [0.29, 0.717) is 6.42 Å². The van der Waals surface area contributed by atoms with Gasteiger partial charge in [0.1, 0.15) is 18.2 Å². The van der Waals surface area contributed by atoms with Crippen LogP contribution in [0.2, 0.25) is 0 Å². The number of carboxylic acids is 1. The maximum atomic E-state index is 12.4. The molecule has 0 heterocycles. The molecule has 1 atom stereocenters. The predicted molar refractivity (Wildman–Crippen MR) is 112 cm³/mol. The van der Waals surface area contributed by atoms with Crippen molar-refractivity contribution in [1.82, 2.24) is 10.6 Å². The van der Waals surface area contributed by atoms with Gasteiger partial charge in [-0.15, -0.1) is 0 Å². The van der Waals surface area contributed by atoms with Crippen LogP contribution in [0.3, 0.4) is 0 Å². The first-order valence-electron chi connectivity index (χ1n) is 9.91. The smallest absolute Gasteiger partial charge is 0.407 e. The molecular weight excluding hydrogens is 384 g/mol. The molecule has 158 valence electrons. The van der Waals surface area contributed by atoms with Crippen LogP contribution in [0, 0.1) is 0 Å². The lowest BCUT2D eigenvalue weighted by atomic mass is 9.98. The minimum Gasteiger partial charge on any atom is -0.480 e. The summed E-state index contributed by atoms with van der Waals surface area (Å²) in [6.45, 7) is 4.63. The maximum Gasteiger partial charge on any atom is 0.407 e. The Morgan fingerprint density at radius 2 is 1.57 bits per heavy atom. The van der Waals surface area contributed by atoms with Crippen LogP contribution in [0.5, 0.6) is 0 Å². The van der Waals surface area contributed by atoms with E-state index in [1.54, 1.807) is 6.92 Å². The van der Waals surface area contributed by atoms with E-state index in [2.05, 4.69) is 22.8 Å². The fourth-order valence-corrected chi connectivity index (χ4v) is 3.58. The molecule has 0 unspecified atom stereocenters. The van der Waals surface area contributed by atoms with E-state index in [0.717, 1.165) is 22.3 Å². The first-order chi connectivity index (χ1) is 14.2. The van der Waals surface area contributed by atoms with Crippen LogP contribution in [0.4, 0.5) is 4.79 Å². The Hall–Kier alpha value is -3.35. The fraction of sp³-hybridized carbons (Fsp3) is 0.348. The lowest BCUT2D eigenvalue weighted by Gasteiger charge is -2.25. The van der Waals surface area contributed by atoms with Gasteiger partial charge in [-0.1, -0.05) is 55.5 Å². The maximum absolute atomic E-state index is 12.4. The highest BCUT2D eigenvalue weighted by Gasteiger charge is 2.33. The highest BCUT2D eigenvalue weighted by molar-refractivity contribution is 5.90. The molecule has 0 saturated heterocycles. The van der Waals surface area contributed by atoms with Gasteiger partial charge >= 0.3 is 12.1 Å². The molecule has 0 saturated carbocycles. The zero-order chi connectivity index (χ0) is 21.9. The lowest BCUT2D eigenvalue weighted by molar-refractivity contribution is -0.146. The molecular formula is C23H26N2O5. The third-order valence-electron chi connectivity index (χ3n) is 5.33. The summed E-state index contributed by atoms with van der Waals surface area (Å²) in [5.74, 6) is -1.81. The topological polar surface area (TPSA) is 105 Å². The summed E-state index contributed by atoms with van der Waals surface area (Å²) in [5, 5.41) is 14.1. The SMILES string of the molecule is CC[C@H](NC(=O)OCC1c2ccccc2-c2ccccc21)C(=O)NC(C)(C)C(=O)O. The number of ether oxygens (including phenoxy) is 1. The normalized spacial score (nSPS) is 13.7. The molecule has 7 nitrogen and oxygen atoms in total. The van der Waals surface area contributed by atoms with E-state index in [-0.39, 0.29) is 12.5 Å². The van der Waals surface area contributed by atoms with Crippen LogP contribution in [-0.2, 0) is 14.3 Å². The van der Waals surface area contributed by atoms with Gasteiger partial charge in [0.25, 0.3) is 0 Å². The number of carbonyl (C=O) groups is 3. The minimum absolute atomic E-state index is 0.0806. The number of hydrogen-bond donors (Lipinski definition) is 3. The Labute approximate surface area is 175 Å². The molecule has 2 amide bonds. The van der Waals surface area contributed by atoms with Crippen molar-refractivity contribution >= 4 is 18.0 Å². The highest BCUT2D eigenvalue weighted by atomic mass is 16.5. The number of fused-ring (bicyclic) bond motifs is 3. The van der Waals surface area contributed by atoms with Crippen molar-refractivity contribution in [3.05, 3.63) is 59.7 Å². The molecule has 0 aliphatic heterocycles. The molecule has 3 N–H and O–H groups in total. The van der Waals surface area contributed by atoms with Crippen LogP contribution in [0.15, 0.2) is 48.5 Å². The third kappa shape index (κ3) is 4.30. The quantitative estimate of drug-likeness (QED) is 0.650. The van der Waals surface area contributed by atoms with Crippen molar-refractivity contribution < 1.29 is 24.2 Å². The number of carbonyl (C=O) groups excluding carboxylic acids is 2. The summed E-state index contributed by atoms with van der Waals surface area (Å²) in [4.78, 5) is 36.0. The molecule has 0 fully saturated rings. The summed E-state index contributed by atoms with van der Waals surface area (Å²) in [6.07, 6.45) is -0.418. The Bertz CT molecular complexity index is 924. The number of hydrogen-bond acceptors (Lipinski definition) is 4. The van der Waals surface area contributed by atoms with Gasteiger partial charge in [-0.3, -0.25) is 4.79 Å². The standard InChI is InChI=1S/C23H26N2O5/c1-4-19(20(26)25-23(2,3)21(27)28)24-22(29)30-13-18-16-11-7-5-9-14(16)15-10-6-8-12-17(15)18/h5-12,18-19H,4,13H2,1-3H3,(H,24,29)(H,25,26)(H,27,28)/t19-/m0/s1. The molecule has 0 bridgehead atoms. The summed E-state index contributed by atoms with van der Waals surface area (Å²) >= 11 is 0. The zero-order valence-electron chi connectivity index (χ0n) is 17.3. The summed E-state index contributed by atoms with van der Waals surface area (Å²) in [6, 6.07) is 15.1. The van der Waals surface area contributed by atoms with Gasteiger partial charge < -0.3 is 20.5 Å². The van der Waals surface area contributed by atoms with E-state index in [9.17, 15) is 14.4 Å².